The first-order chi connectivity index (χ1) is 6.27. The highest BCUT2D eigenvalue weighted by Gasteiger charge is 2.33. The fraction of sp³-hybridized carbons (Fsp3) is 0.889. The Morgan fingerprint density at radius 3 is 2.29 bits per heavy atom. The molecule has 0 fully saturated rings. The minimum Gasteiger partial charge on any atom is -0.365 e. The second kappa shape index (κ2) is 5.24. The molecule has 0 aromatic rings. The van der Waals surface area contributed by atoms with Gasteiger partial charge >= 0.3 is 0 Å². The molecular weight excluding hydrogens is 192 g/mol. The van der Waals surface area contributed by atoms with Gasteiger partial charge in [0.1, 0.15) is 13.2 Å². The molecular formula is C9H17F2NO2. The van der Waals surface area contributed by atoms with Crippen LogP contribution in [0.15, 0.2) is 0 Å². The molecule has 0 heterocycles. The molecule has 5 heteroatoms. The van der Waals surface area contributed by atoms with Crippen molar-refractivity contribution in [2.75, 3.05) is 27.3 Å². The SMILES string of the molecule is CC(C)C(F)(F)COCC(=O)N(C)C. The van der Waals surface area contributed by atoms with Crippen LogP contribution in [0.4, 0.5) is 8.78 Å². The van der Waals surface area contributed by atoms with Crippen LogP contribution in [-0.4, -0.2) is 44.0 Å². The average molecular weight is 209 g/mol. The van der Waals surface area contributed by atoms with Gasteiger partial charge in [0.15, 0.2) is 0 Å². The molecule has 3 nitrogen and oxygen atoms in total. The molecule has 1 amide bonds. The molecule has 0 unspecified atom stereocenters. The summed E-state index contributed by atoms with van der Waals surface area (Å²) < 4.78 is 30.5. The zero-order valence-corrected chi connectivity index (χ0v) is 9.01. The smallest absolute Gasteiger partial charge is 0.273 e. The molecule has 84 valence electrons. The molecule has 0 saturated carbocycles. The summed E-state index contributed by atoms with van der Waals surface area (Å²) in [7, 11) is 3.10. The zero-order valence-electron chi connectivity index (χ0n) is 9.01. The normalized spacial score (nSPS) is 11.9. The Morgan fingerprint density at radius 1 is 1.43 bits per heavy atom. The number of rotatable bonds is 5. The number of halogens is 2. The van der Waals surface area contributed by atoms with Crippen molar-refractivity contribution in [3.63, 3.8) is 0 Å². The largest absolute Gasteiger partial charge is 0.365 e. The van der Waals surface area contributed by atoms with Crippen molar-refractivity contribution in [2.24, 2.45) is 5.92 Å². The zero-order chi connectivity index (χ0) is 11.4. The number of carbonyl (C=O) groups excluding carboxylic acids is 1. The molecule has 0 saturated heterocycles. The number of carbonyl (C=O) groups is 1. The second-order valence-electron chi connectivity index (χ2n) is 3.70. The lowest BCUT2D eigenvalue weighted by atomic mass is 10.1. The molecule has 0 aliphatic rings. The number of ether oxygens (including phenoxy) is 1. The van der Waals surface area contributed by atoms with Crippen LogP contribution in [0, 0.1) is 5.92 Å². The van der Waals surface area contributed by atoms with Crippen molar-refractivity contribution in [3.8, 4) is 0 Å². The van der Waals surface area contributed by atoms with E-state index in [1.807, 2.05) is 0 Å². The Hall–Kier alpha value is -0.710. The van der Waals surface area contributed by atoms with Gasteiger partial charge in [0.2, 0.25) is 5.91 Å². The molecule has 0 aliphatic heterocycles. The molecule has 0 aliphatic carbocycles. The van der Waals surface area contributed by atoms with E-state index in [4.69, 9.17) is 0 Å². The number of amides is 1. The van der Waals surface area contributed by atoms with E-state index < -0.39 is 18.4 Å². The summed E-state index contributed by atoms with van der Waals surface area (Å²) in [5, 5.41) is 0. The first kappa shape index (κ1) is 13.3. The Kier molecular flexibility index (Phi) is 4.97. The van der Waals surface area contributed by atoms with E-state index in [9.17, 15) is 13.6 Å². The topological polar surface area (TPSA) is 29.5 Å². The predicted molar refractivity (Wildman–Crippen MR) is 49.3 cm³/mol. The molecule has 0 aromatic heterocycles. The van der Waals surface area contributed by atoms with Gasteiger partial charge in [0, 0.05) is 20.0 Å². The van der Waals surface area contributed by atoms with E-state index in [0.717, 1.165) is 0 Å². The minimum atomic E-state index is -2.87. The molecule has 0 spiro atoms. The van der Waals surface area contributed by atoms with E-state index >= 15 is 0 Å². The van der Waals surface area contributed by atoms with Crippen LogP contribution >= 0.6 is 0 Å². The summed E-state index contributed by atoms with van der Waals surface area (Å²) in [6.45, 7) is 1.83. The highest BCUT2D eigenvalue weighted by Crippen LogP contribution is 2.23. The van der Waals surface area contributed by atoms with Crippen molar-refractivity contribution in [3.05, 3.63) is 0 Å². The maximum atomic E-state index is 12.9. The predicted octanol–water partition coefficient (Wildman–Crippen LogP) is 1.38. The maximum absolute atomic E-state index is 12.9. The van der Waals surface area contributed by atoms with Gasteiger partial charge in [-0.1, -0.05) is 13.8 Å². The Morgan fingerprint density at radius 2 is 1.93 bits per heavy atom. The van der Waals surface area contributed by atoms with Crippen LogP contribution in [0.3, 0.4) is 0 Å². The van der Waals surface area contributed by atoms with Gasteiger partial charge in [-0.15, -0.1) is 0 Å². The highest BCUT2D eigenvalue weighted by molar-refractivity contribution is 5.76. The van der Waals surface area contributed by atoms with Crippen LogP contribution in [0.1, 0.15) is 13.8 Å². The third-order valence-electron chi connectivity index (χ3n) is 1.86. The Labute approximate surface area is 83.0 Å². The van der Waals surface area contributed by atoms with E-state index in [2.05, 4.69) is 4.74 Å². The van der Waals surface area contributed by atoms with Crippen LogP contribution < -0.4 is 0 Å². The van der Waals surface area contributed by atoms with E-state index in [0.29, 0.717) is 0 Å². The summed E-state index contributed by atoms with van der Waals surface area (Å²) in [5.74, 6) is -3.96. The lowest BCUT2D eigenvalue weighted by Gasteiger charge is -2.20. The monoisotopic (exact) mass is 209 g/mol. The number of hydrogen-bond acceptors (Lipinski definition) is 2. The lowest BCUT2D eigenvalue weighted by Crippen LogP contribution is -2.33. The summed E-state index contributed by atoms with van der Waals surface area (Å²) in [6.07, 6.45) is 0. The fourth-order valence-electron chi connectivity index (χ4n) is 0.570. The number of hydrogen-bond donors (Lipinski definition) is 0. The van der Waals surface area contributed by atoms with E-state index in [1.54, 1.807) is 14.1 Å². The van der Waals surface area contributed by atoms with Crippen molar-refractivity contribution in [1.82, 2.24) is 4.90 Å². The quantitative estimate of drug-likeness (QED) is 0.684. The van der Waals surface area contributed by atoms with Crippen LogP contribution in [0.25, 0.3) is 0 Å². The molecule has 0 N–H and O–H groups in total. The maximum Gasteiger partial charge on any atom is 0.273 e. The molecule has 0 rings (SSSR count). The highest BCUT2D eigenvalue weighted by atomic mass is 19.3. The average Bonchev–Trinajstić information content (AvgIpc) is 2.03. The first-order valence-electron chi connectivity index (χ1n) is 4.43. The minimum absolute atomic E-state index is 0.296. The van der Waals surface area contributed by atoms with Crippen molar-refractivity contribution >= 4 is 5.91 Å². The third kappa shape index (κ3) is 4.50. The third-order valence-corrected chi connectivity index (χ3v) is 1.86. The van der Waals surface area contributed by atoms with E-state index in [1.165, 1.54) is 18.7 Å². The Balaban J connectivity index is 3.80. The summed E-state index contributed by atoms with van der Waals surface area (Å²) in [4.78, 5) is 12.3. The van der Waals surface area contributed by atoms with Gasteiger partial charge < -0.3 is 9.64 Å². The number of likely N-dealkylation sites (N-methyl/N-ethyl adjacent to an activating group) is 1. The van der Waals surface area contributed by atoms with Crippen molar-refractivity contribution < 1.29 is 18.3 Å². The van der Waals surface area contributed by atoms with Gasteiger partial charge in [0.25, 0.3) is 5.92 Å². The molecule has 0 aromatic carbocycles. The summed E-state index contributed by atoms with van der Waals surface area (Å²) in [6, 6.07) is 0. The molecule has 0 radical (unpaired) electrons. The van der Waals surface area contributed by atoms with Crippen molar-refractivity contribution in [2.45, 2.75) is 19.8 Å². The molecule has 14 heavy (non-hydrogen) atoms. The number of alkyl halides is 2. The molecule has 0 atom stereocenters. The van der Waals surface area contributed by atoms with E-state index in [-0.39, 0.29) is 12.5 Å². The second-order valence-corrected chi connectivity index (χ2v) is 3.70. The Bertz CT molecular complexity index is 193. The first-order valence-corrected chi connectivity index (χ1v) is 4.43. The van der Waals surface area contributed by atoms with Gasteiger partial charge in [-0.05, 0) is 0 Å². The van der Waals surface area contributed by atoms with Crippen LogP contribution in [0.2, 0.25) is 0 Å². The van der Waals surface area contributed by atoms with Gasteiger partial charge in [0.05, 0.1) is 0 Å². The summed E-state index contributed by atoms with van der Waals surface area (Å²) >= 11 is 0. The standard InChI is InChI=1S/C9H17F2NO2/c1-7(2)9(10,11)6-14-5-8(13)12(3)4/h7H,5-6H2,1-4H3. The van der Waals surface area contributed by atoms with Crippen LogP contribution in [-0.2, 0) is 9.53 Å². The van der Waals surface area contributed by atoms with Gasteiger partial charge in [-0.3, -0.25) is 4.79 Å². The fourth-order valence-corrected chi connectivity index (χ4v) is 0.570. The van der Waals surface area contributed by atoms with Gasteiger partial charge in [-0.2, -0.15) is 0 Å². The lowest BCUT2D eigenvalue weighted by molar-refractivity contribution is -0.142. The van der Waals surface area contributed by atoms with Gasteiger partial charge in [-0.25, -0.2) is 8.78 Å². The summed E-state index contributed by atoms with van der Waals surface area (Å²) in [5.41, 5.74) is 0. The number of nitrogens with zero attached hydrogens (tertiary/aromatic N) is 1. The van der Waals surface area contributed by atoms with Crippen LogP contribution in [0.5, 0.6) is 0 Å². The molecule has 0 bridgehead atoms. The van der Waals surface area contributed by atoms with Crippen molar-refractivity contribution in [1.29, 1.82) is 0 Å².